The van der Waals surface area contributed by atoms with Crippen LogP contribution in [-0.2, 0) is 0 Å². The fourth-order valence-electron chi connectivity index (χ4n) is 2.87. The van der Waals surface area contributed by atoms with Crippen molar-refractivity contribution in [1.29, 1.82) is 0 Å². The Bertz CT molecular complexity index is 721. The Hall–Kier alpha value is -2.28. The predicted octanol–water partition coefficient (Wildman–Crippen LogP) is 2.21. The van der Waals surface area contributed by atoms with Crippen LogP contribution < -0.4 is 10.6 Å². The third-order valence-corrected chi connectivity index (χ3v) is 4.31. The topological polar surface area (TPSA) is 71.8 Å². The van der Waals surface area contributed by atoms with Crippen molar-refractivity contribution in [1.82, 2.24) is 20.3 Å². The molecule has 0 saturated carbocycles. The third-order valence-electron chi connectivity index (χ3n) is 4.31. The number of amides is 1. The van der Waals surface area contributed by atoms with Gasteiger partial charge in [0.25, 0.3) is 5.91 Å². The summed E-state index contributed by atoms with van der Waals surface area (Å²) in [5.74, 6) is -0.714. The summed E-state index contributed by atoms with van der Waals surface area (Å²) in [6, 6.07) is 4.87. The average Bonchev–Trinajstić information content (AvgIpc) is 2.94. The molecule has 1 saturated heterocycles. The normalized spacial score (nSPS) is 15.6. The maximum Gasteiger partial charge on any atom is 0.278 e. The zero-order valence-electron chi connectivity index (χ0n) is 13.3. The van der Waals surface area contributed by atoms with Crippen LogP contribution in [0.5, 0.6) is 0 Å². The fraction of sp³-hybridized carbons (Fsp3) is 0.438. The van der Waals surface area contributed by atoms with Crippen molar-refractivity contribution in [3.05, 3.63) is 41.0 Å². The lowest BCUT2D eigenvalue weighted by Crippen LogP contribution is -2.30. The van der Waals surface area contributed by atoms with Crippen LogP contribution in [0.25, 0.3) is 0 Å². The predicted molar refractivity (Wildman–Crippen MR) is 85.0 cm³/mol. The van der Waals surface area contributed by atoms with Gasteiger partial charge in [-0.15, -0.1) is 5.10 Å². The van der Waals surface area contributed by atoms with Gasteiger partial charge in [-0.1, -0.05) is 11.3 Å². The van der Waals surface area contributed by atoms with Gasteiger partial charge in [0.2, 0.25) is 0 Å². The number of aromatic nitrogens is 3. The second-order valence-electron chi connectivity index (χ2n) is 5.82. The van der Waals surface area contributed by atoms with E-state index in [1.807, 2.05) is 11.6 Å². The van der Waals surface area contributed by atoms with Gasteiger partial charge >= 0.3 is 0 Å². The SMILES string of the molecule is Cc1c(F)cccc1NC(=O)c1nnn(C2CCNCC2)c1C. The van der Waals surface area contributed by atoms with Crippen LogP contribution in [0.3, 0.4) is 0 Å². The molecule has 1 aliphatic rings. The Morgan fingerprint density at radius 1 is 1.35 bits per heavy atom. The standard InChI is InChI=1S/C16H20FN5O/c1-10-13(17)4-3-5-14(10)19-16(23)15-11(2)22(21-20-15)12-6-8-18-9-7-12/h3-5,12,18H,6-9H2,1-2H3,(H,19,23). The molecule has 6 nitrogen and oxygen atoms in total. The number of benzene rings is 1. The lowest BCUT2D eigenvalue weighted by molar-refractivity contribution is 0.102. The molecule has 0 spiro atoms. The van der Waals surface area contributed by atoms with Crippen molar-refractivity contribution in [2.45, 2.75) is 32.7 Å². The minimum Gasteiger partial charge on any atom is -0.320 e. The lowest BCUT2D eigenvalue weighted by atomic mass is 10.1. The van der Waals surface area contributed by atoms with Crippen molar-refractivity contribution < 1.29 is 9.18 Å². The summed E-state index contributed by atoms with van der Waals surface area (Å²) in [7, 11) is 0. The highest BCUT2D eigenvalue weighted by atomic mass is 19.1. The Morgan fingerprint density at radius 2 is 2.09 bits per heavy atom. The van der Waals surface area contributed by atoms with Crippen LogP contribution in [0.15, 0.2) is 18.2 Å². The smallest absolute Gasteiger partial charge is 0.278 e. The van der Waals surface area contributed by atoms with Crippen LogP contribution in [0.2, 0.25) is 0 Å². The van der Waals surface area contributed by atoms with E-state index in [9.17, 15) is 9.18 Å². The number of nitrogens with zero attached hydrogens (tertiary/aromatic N) is 3. The summed E-state index contributed by atoms with van der Waals surface area (Å²) in [6.07, 6.45) is 1.93. The molecule has 0 bridgehead atoms. The number of halogens is 1. The Labute approximate surface area is 134 Å². The molecular formula is C16H20FN5O. The van der Waals surface area contributed by atoms with Crippen molar-refractivity contribution in [3.8, 4) is 0 Å². The second kappa shape index (κ2) is 6.45. The van der Waals surface area contributed by atoms with Crippen LogP contribution >= 0.6 is 0 Å². The molecule has 1 amide bonds. The number of anilines is 1. The number of hydrogen-bond acceptors (Lipinski definition) is 4. The summed E-state index contributed by atoms with van der Waals surface area (Å²) in [6.45, 7) is 5.35. The molecule has 0 atom stereocenters. The molecular weight excluding hydrogens is 297 g/mol. The van der Waals surface area contributed by atoms with E-state index >= 15 is 0 Å². The van der Waals surface area contributed by atoms with Gasteiger partial charge in [0.15, 0.2) is 5.69 Å². The summed E-state index contributed by atoms with van der Waals surface area (Å²) in [5.41, 5.74) is 1.88. The molecule has 2 aromatic rings. The molecule has 23 heavy (non-hydrogen) atoms. The van der Waals surface area contributed by atoms with Gasteiger partial charge in [-0.2, -0.15) is 0 Å². The van der Waals surface area contributed by atoms with Crippen LogP contribution in [-0.4, -0.2) is 34.0 Å². The number of hydrogen-bond donors (Lipinski definition) is 2. The van der Waals surface area contributed by atoms with E-state index in [4.69, 9.17) is 0 Å². The average molecular weight is 317 g/mol. The van der Waals surface area contributed by atoms with Gasteiger partial charge in [-0.3, -0.25) is 4.79 Å². The molecule has 122 valence electrons. The van der Waals surface area contributed by atoms with Gasteiger partial charge in [-0.25, -0.2) is 9.07 Å². The maximum absolute atomic E-state index is 13.6. The zero-order valence-corrected chi connectivity index (χ0v) is 13.3. The lowest BCUT2D eigenvalue weighted by Gasteiger charge is -2.23. The number of rotatable bonds is 3. The van der Waals surface area contributed by atoms with E-state index < -0.39 is 0 Å². The quantitative estimate of drug-likeness (QED) is 0.910. The Kier molecular flexibility index (Phi) is 4.38. The third kappa shape index (κ3) is 3.10. The van der Waals surface area contributed by atoms with E-state index in [2.05, 4.69) is 20.9 Å². The molecule has 0 radical (unpaired) electrons. The summed E-state index contributed by atoms with van der Waals surface area (Å²) in [5, 5.41) is 14.2. The van der Waals surface area contributed by atoms with E-state index in [0.717, 1.165) is 31.6 Å². The number of piperidine rings is 1. The van der Waals surface area contributed by atoms with Gasteiger partial charge in [0.05, 0.1) is 11.7 Å². The van der Waals surface area contributed by atoms with E-state index in [1.54, 1.807) is 19.1 Å². The molecule has 0 aliphatic carbocycles. The van der Waals surface area contributed by atoms with E-state index in [-0.39, 0.29) is 23.5 Å². The first-order valence-corrected chi connectivity index (χ1v) is 7.77. The maximum atomic E-state index is 13.6. The highest BCUT2D eigenvalue weighted by Gasteiger charge is 2.23. The van der Waals surface area contributed by atoms with Crippen molar-refractivity contribution in [2.75, 3.05) is 18.4 Å². The van der Waals surface area contributed by atoms with E-state index in [1.165, 1.54) is 6.07 Å². The molecule has 7 heteroatoms. The van der Waals surface area contributed by atoms with Crippen molar-refractivity contribution in [2.24, 2.45) is 0 Å². The van der Waals surface area contributed by atoms with Crippen LogP contribution in [0.4, 0.5) is 10.1 Å². The summed E-state index contributed by atoms with van der Waals surface area (Å²) in [4.78, 5) is 12.4. The van der Waals surface area contributed by atoms with Crippen molar-refractivity contribution in [3.63, 3.8) is 0 Å². The molecule has 2 heterocycles. The molecule has 3 rings (SSSR count). The Morgan fingerprint density at radius 3 is 2.83 bits per heavy atom. The first-order chi connectivity index (χ1) is 11.1. The van der Waals surface area contributed by atoms with E-state index in [0.29, 0.717) is 11.3 Å². The number of carbonyl (C=O) groups excluding carboxylic acids is 1. The monoisotopic (exact) mass is 317 g/mol. The zero-order chi connectivity index (χ0) is 16.4. The molecule has 1 aromatic carbocycles. The second-order valence-corrected chi connectivity index (χ2v) is 5.82. The molecule has 1 aromatic heterocycles. The van der Waals surface area contributed by atoms with Gasteiger partial charge in [0, 0.05) is 11.3 Å². The minimum atomic E-state index is -0.364. The summed E-state index contributed by atoms with van der Waals surface area (Å²) < 4.78 is 15.4. The minimum absolute atomic E-state index is 0.265. The Balaban J connectivity index is 1.80. The van der Waals surface area contributed by atoms with Gasteiger partial charge < -0.3 is 10.6 Å². The number of carbonyl (C=O) groups is 1. The highest BCUT2D eigenvalue weighted by molar-refractivity contribution is 6.03. The molecule has 2 N–H and O–H groups in total. The summed E-state index contributed by atoms with van der Waals surface area (Å²) >= 11 is 0. The fourth-order valence-corrected chi connectivity index (χ4v) is 2.87. The molecule has 1 fully saturated rings. The van der Waals surface area contributed by atoms with Crippen LogP contribution in [0.1, 0.15) is 40.6 Å². The molecule has 0 unspecified atom stereocenters. The van der Waals surface area contributed by atoms with Crippen molar-refractivity contribution >= 4 is 11.6 Å². The highest BCUT2D eigenvalue weighted by Crippen LogP contribution is 2.22. The van der Waals surface area contributed by atoms with Gasteiger partial charge in [0.1, 0.15) is 5.82 Å². The number of nitrogens with one attached hydrogen (secondary N) is 2. The first-order valence-electron chi connectivity index (χ1n) is 7.77. The van der Waals surface area contributed by atoms with Gasteiger partial charge in [-0.05, 0) is 51.9 Å². The largest absolute Gasteiger partial charge is 0.320 e. The van der Waals surface area contributed by atoms with Crippen LogP contribution in [0, 0.1) is 19.7 Å². The molecule has 1 aliphatic heterocycles. The first kappa shape index (κ1) is 15.6.